The molecule has 0 radical (unpaired) electrons. The highest BCUT2D eigenvalue weighted by Crippen LogP contribution is 2.17. The topological polar surface area (TPSA) is 12.5 Å². The fraction of sp³-hybridized carbons (Fsp3) is 0.500. The highest BCUT2D eigenvalue weighted by atomic mass is 35.5. The number of rotatable bonds is 4. The van der Waals surface area contributed by atoms with Gasteiger partial charge in [-0.1, -0.05) is 11.6 Å². The van der Waals surface area contributed by atoms with Gasteiger partial charge in [-0.2, -0.15) is 0 Å². The molecule has 2 nitrogen and oxygen atoms in total. The summed E-state index contributed by atoms with van der Waals surface area (Å²) in [6.07, 6.45) is 0.0613. The molecule has 1 aromatic rings. The molecule has 0 aliphatic rings. The zero-order valence-electron chi connectivity index (χ0n) is 9.70. The minimum Gasteiger partial charge on any atom is -0.475 e. The van der Waals surface area contributed by atoms with E-state index >= 15 is 0 Å². The van der Waals surface area contributed by atoms with E-state index in [2.05, 4.69) is 18.7 Å². The van der Waals surface area contributed by atoms with Crippen LogP contribution >= 0.6 is 11.6 Å². The van der Waals surface area contributed by atoms with Crippen LogP contribution in [0.2, 0.25) is 5.02 Å². The molecule has 0 fully saturated rings. The van der Waals surface area contributed by atoms with Gasteiger partial charge in [-0.05, 0) is 52.1 Å². The lowest BCUT2D eigenvalue weighted by molar-refractivity contribution is 0.0390. The molecule has 0 saturated heterocycles. The number of halogens is 1. The second kappa shape index (κ2) is 5.38. The molecule has 0 heterocycles. The lowest BCUT2D eigenvalue weighted by Crippen LogP contribution is -2.38. The van der Waals surface area contributed by atoms with Crippen LogP contribution in [0.25, 0.3) is 0 Å². The predicted octanol–water partition coefficient (Wildman–Crippen LogP) is 3.41. The first kappa shape index (κ1) is 12.3. The van der Waals surface area contributed by atoms with Crippen LogP contribution in [-0.2, 0) is 0 Å². The lowest BCUT2D eigenvalue weighted by Gasteiger charge is -2.28. The van der Waals surface area contributed by atoms with Crippen molar-refractivity contribution in [2.24, 2.45) is 0 Å². The Morgan fingerprint density at radius 3 is 2.13 bits per heavy atom. The molecule has 0 aromatic heterocycles. The van der Waals surface area contributed by atoms with Crippen molar-refractivity contribution in [2.45, 2.75) is 33.0 Å². The molecule has 0 saturated carbocycles. The van der Waals surface area contributed by atoms with E-state index in [0.29, 0.717) is 6.04 Å². The zero-order valence-corrected chi connectivity index (χ0v) is 10.5. The van der Waals surface area contributed by atoms with Gasteiger partial charge in [0.15, 0.2) is 0 Å². The number of benzene rings is 1. The Kier molecular flexibility index (Phi) is 4.43. The Labute approximate surface area is 96.8 Å². The summed E-state index contributed by atoms with van der Waals surface area (Å²) < 4.78 is 5.76. The summed E-state index contributed by atoms with van der Waals surface area (Å²) in [5, 5.41) is 0.729. The monoisotopic (exact) mass is 227 g/mol. The Bertz CT molecular complexity index is 297. The van der Waals surface area contributed by atoms with Crippen LogP contribution in [0.3, 0.4) is 0 Å². The fourth-order valence-electron chi connectivity index (χ4n) is 1.21. The van der Waals surface area contributed by atoms with Crippen LogP contribution in [0.4, 0.5) is 0 Å². The number of hydrogen-bond donors (Lipinski definition) is 0. The van der Waals surface area contributed by atoms with Gasteiger partial charge in [-0.25, -0.2) is 0 Å². The molecular weight excluding hydrogens is 210 g/mol. The first-order valence-corrected chi connectivity index (χ1v) is 5.52. The van der Waals surface area contributed by atoms with E-state index in [9.17, 15) is 0 Å². The summed E-state index contributed by atoms with van der Waals surface area (Å²) in [6, 6.07) is 7.89. The maximum atomic E-state index is 5.80. The van der Waals surface area contributed by atoms with Gasteiger partial charge in [-0.15, -0.1) is 0 Å². The summed E-state index contributed by atoms with van der Waals surface area (Å²) in [7, 11) is 2.05. The zero-order chi connectivity index (χ0) is 11.4. The third-order valence-corrected chi connectivity index (χ3v) is 2.76. The van der Waals surface area contributed by atoms with Crippen molar-refractivity contribution in [2.75, 3.05) is 7.05 Å². The van der Waals surface area contributed by atoms with Crippen LogP contribution in [0.5, 0.6) is 5.75 Å². The predicted molar refractivity (Wildman–Crippen MR) is 64.4 cm³/mol. The summed E-state index contributed by atoms with van der Waals surface area (Å²) in [5.74, 6) is 0.847. The van der Waals surface area contributed by atoms with Gasteiger partial charge < -0.3 is 4.74 Å². The highest BCUT2D eigenvalue weighted by molar-refractivity contribution is 6.30. The Balaban J connectivity index is 2.58. The molecule has 3 heteroatoms. The minimum absolute atomic E-state index is 0.0613. The molecule has 84 valence electrons. The number of nitrogens with zero attached hydrogens (tertiary/aromatic N) is 1. The minimum atomic E-state index is 0.0613. The molecule has 15 heavy (non-hydrogen) atoms. The van der Waals surface area contributed by atoms with Crippen molar-refractivity contribution in [3.63, 3.8) is 0 Å². The lowest BCUT2D eigenvalue weighted by atomic mass is 10.3. The van der Waals surface area contributed by atoms with Gasteiger partial charge in [-0.3, -0.25) is 4.90 Å². The molecule has 1 unspecified atom stereocenters. The van der Waals surface area contributed by atoms with Gasteiger partial charge in [0.2, 0.25) is 0 Å². The van der Waals surface area contributed by atoms with Crippen molar-refractivity contribution in [3.8, 4) is 5.75 Å². The van der Waals surface area contributed by atoms with Crippen LogP contribution in [0.1, 0.15) is 20.8 Å². The van der Waals surface area contributed by atoms with Crippen LogP contribution in [-0.4, -0.2) is 24.2 Å². The average molecular weight is 228 g/mol. The van der Waals surface area contributed by atoms with E-state index in [0.717, 1.165) is 10.8 Å². The number of hydrogen-bond acceptors (Lipinski definition) is 2. The van der Waals surface area contributed by atoms with Crippen molar-refractivity contribution in [3.05, 3.63) is 29.3 Å². The van der Waals surface area contributed by atoms with Crippen LogP contribution < -0.4 is 4.74 Å². The molecule has 0 aliphatic heterocycles. The third-order valence-electron chi connectivity index (χ3n) is 2.51. The van der Waals surface area contributed by atoms with Gasteiger partial charge in [0.25, 0.3) is 0 Å². The first-order chi connectivity index (χ1) is 7.00. The first-order valence-electron chi connectivity index (χ1n) is 5.15. The largest absolute Gasteiger partial charge is 0.475 e. The van der Waals surface area contributed by atoms with E-state index in [1.807, 2.05) is 38.2 Å². The van der Waals surface area contributed by atoms with Crippen molar-refractivity contribution in [1.29, 1.82) is 0 Å². The summed E-state index contributed by atoms with van der Waals surface area (Å²) in [5.41, 5.74) is 0. The smallest absolute Gasteiger partial charge is 0.149 e. The van der Waals surface area contributed by atoms with E-state index in [1.54, 1.807) is 0 Å². The molecule has 0 amide bonds. The van der Waals surface area contributed by atoms with Crippen molar-refractivity contribution >= 4 is 11.6 Å². The van der Waals surface area contributed by atoms with E-state index in [4.69, 9.17) is 16.3 Å². The normalized spacial score (nSPS) is 13.3. The van der Waals surface area contributed by atoms with Crippen LogP contribution in [0, 0.1) is 0 Å². The molecular formula is C12H18ClNO. The fourth-order valence-corrected chi connectivity index (χ4v) is 1.34. The van der Waals surface area contributed by atoms with Crippen molar-refractivity contribution < 1.29 is 4.74 Å². The van der Waals surface area contributed by atoms with E-state index in [1.165, 1.54) is 0 Å². The molecule has 0 aliphatic carbocycles. The van der Waals surface area contributed by atoms with Crippen molar-refractivity contribution in [1.82, 2.24) is 4.90 Å². The average Bonchev–Trinajstić information content (AvgIpc) is 2.20. The van der Waals surface area contributed by atoms with Gasteiger partial charge in [0, 0.05) is 11.1 Å². The van der Waals surface area contributed by atoms with Gasteiger partial charge in [0.1, 0.15) is 12.0 Å². The summed E-state index contributed by atoms with van der Waals surface area (Å²) in [4.78, 5) is 2.16. The quantitative estimate of drug-likeness (QED) is 0.731. The number of ether oxygens (including phenoxy) is 1. The Morgan fingerprint density at radius 2 is 1.67 bits per heavy atom. The molecule has 1 rings (SSSR count). The van der Waals surface area contributed by atoms with Gasteiger partial charge >= 0.3 is 0 Å². The molecule has 0 bridgehead atoms. The summed E-state index contributed by atoms with van der Waals surface area (Å²) in [6.45, 7) is 6.32. The van der Waals surface area contributed by atoms with E-state index < -0.39 is 0 Å². The Morgan fingerprint density at radius 1 is 1.13 bits per heavy atom. The van der Waals surface area contributed by atoms with E-state index in [-0.39, 0.29) is 6.23 Å². The second-order valence-corrected chi connectivity index (χ2v) is 4.37. The SMILES string of the molecule is CC(C)N(C)C(C)Oc1ccc(Cl)cc1. The van der Waals surface area contributed by atoms with Gasteiger partial charge in [0.05, 0.1) is 0 Å². The summed E-state index contributed by atoms with van der Waals surface area (Å²) >= 11 is 5.80. The molecule has 1 atom stereocenters. The molecule has 0 N–H and O–H groups in total. The molecule has 1 aromatic carbocycles. The highest BCUT2D eigenvalue weighted by Gasteiger charge is 2.13. The standard InChI is InChI=1S/C12H18ClNO/c1-9(2)14(4)10(3)15-12-7-5-11(13)6-8-12/h5-10H,1-4H3. The second-order valence-electron chi connectivity index (χ2n) is 3.93. The van der Waals surface area contributed by atoms with Crippen LogP contribution in [0.15, 0.2) is 24.3 Å². The molecule has 0 spiro atoms. The Hall–Kier alpha value is -0.730. The maximum Gasteiger partial charge on any atom is 0.149 e. The maximum absolute atomic E-state index is 5.80. The third kappa shape index (κ3) is 3.73.